The third-order valence-corrected chi connectivity index (χ3v) is 3.94. The monoisotopic (exact) mass is 388 g/mol. The number of nitrogens with zero attached hydrogens (tertiary/aromatic N) is 3. The van der Waals surface area contributed by atoms with E-state index in [4.69, 9.17) is 11.6 Å². The Morgan fingerprint density at radius 2 is 2.07 bits per heavy atom. The van der Waals surface area contributed by atoms with Crippen LogP contribution >= 0.6 is 11.6 Å². The van der Waals surface area contributed by atoms with E-state index in [-0.39, 0.29) is 28.1 Å². The van der Waals surface area contributed by atoms with Gasteiger partial charge in [0.05, 0.1) is 11.2 Å². The van der Waals surface area contributed by atoms with Crippen LogP contribution in [0.15, 0.2) is 78.5 Å². The van der Waals surface area contributed by atoms with Crippen LogP contribution < -0.4 is 5.73 Å². The lowest BCUT2D eigenvalue weighted by atomic mass is 10.0. The van der Waals surface area contributed by atoms with Crippen molar-refractivity contribution in [2.45, 2.75) is 13.3 Å². The van der Waals surface area contributed by atoms with E-state index in [0.717, 1.165) is 0 Å². The summed E-state index contributed by atoms with van der Waals surface area (Å²) in [6.45, 7) is 8.78. The summed E-state index contributed by atoms with van der Waals surface area (Å²) < 4.78 is 29.1. The van der Waals surface area contributed by atoms with Crippen molar-refractivity contribution in [2.24, 2.45) is 10.8 Å². The van der Waals surface area contributed by atoms with Crippen molar-refractivity contribution >= 4 is 27.7 Å². The molecule has 0 atom stereocenters. The number of nitrogens with two attached hydrogens (primary N) is 1. The van der Waals surface area contributed by atoms with Crippen molar-refractivity contribution in [2.75, 3.05) is 0 Å². The Balaban J connectivity index is 0.000000817. The molecule has 7 heteroatoms. The van der Waals surface area contributed by atoms with Gasteiger partial charge in [0.1, 0.15) is 16.8 Å². The van der Waals surface area contributed by atoms with Crippen LogP contribution in [0.3, 0.4) is 0 Å². The van der Waals surface area contributed by atoms with Gasteiger partial charge >= 0.3 is 0 Å². The fourth-order valence-electron chi connectivity index (χ4n) is 2.51. The van der Waals surface area contributed by atoms with Crippen LogP contribution in [0, 0.1) is 11.6 Å². The number of halogens is 3. The Kier molecular flexibility index (Phi) is 6.85. The Hall–Kier alpha value is -2.99. The van der Waals surface area contributed by atoms with Crippen molar-refractivity contribution in [3.8, 4) is 0 Å². The van der Waals surface area contributed by atoms with Gasteiger partial charge in [-0.25, -0.2) is 13.8 Å². The van der Waals surface area contributed by atoms with E-state index in [1.165, 1.54) is 23.5 Å². The predicted molar refractivity (Wildman–Crippen MR) is 107 cm³/mol. The molecule has 0 unspecified atom stereocenters. The highest BCUT2D eigenvalue weighted by molar-refractivity contribution is 6.68. The van der Waals surface area contributed by atoms with E-state index in [9.17, 15) is 8.78 Å². The lowest BCUT2D eigenvalue weighted by molar-refractivity contribution is 0.449. The SMILES string of the molecule is C=C1C=CC(Cl)=NN1/C(=C\C)Cc1c(F)cc2ncccc2c1F.C=CN. The topological polar surface area (TPSA) is 54.5 Å². The first-order chi connectivity index (χ1) is 12.9. The number of fused-ring (bicyclic) bond motifs is 1. The van der Waals surface area contributed by atoms with Gasteiger partial charge in [-0.1, -0.05) is 30.8 Å². The van der Waals surface area contributed by atoms with Gasteiger partial charge in [0.15, 0.2) is 0 Å². The highest BCUT2D eigenvalue weighted by atomic mass is 35.5. The molecule has 1 aliphatic rings. The molecule has 0 fully saturated rings. The van der Waals surface area contributed by atoms with Gasteiger partial charge in [0.2, 0.25) is 0 Å². The fraction of sp³-hybridized carbons (Fsp3) is 0.100. The van der Waals surface area contributed by atoms with E-state index >= 15 is 0 Å². The molecule has 1 aromatic heterocycles. The maximum atomic E-state index is 14.7. The second-order valence-corrected chi connectivity index (χ2v) is 5.86. The summed E-state index contributed by atoms with van der Waals surface area (Å²) in [6, 6.07) is 4.43. The zero-order valence-electron chi connectivity index (χ0n) is 14.8. The average Bonchev–Trinajstić information content (AvgIpc) is 2.65. The van der Waals surface area contributed by atoms with Crippen LogP contribution in [0.1, 0.15) is 12.5 Å². The second kappa shape index (κ2) is 9.09. The van der Waals surface area contributed by atoms with E-state index in [1.54, 1.807) is 37.3 Å². The van der Waals surface area contributed by atoms with E-state index in [2.05, 4.69) is 29.0 Å². The summed E-state index contributed by atoms with van der Waals surface area (Å²) in [5, 5.41) is 6.19. The third kappa shape index (κ3) is 4.60. The van der Waals surface area contributed by atoms with Gasteiger partial charge in [-0.3, -0.25) is 4.98 Å². The molecule has 1 aliphatic heterocycles. The quantitative estimate of drug-likeness (QED) is 0.806. The number of benzene rings is 1. The number of allylic oxidation sites excluding steroid dienone is 4. The van der Waals surface area contributed by atoms with Crippen LogP contribution in [0.25, 0.3) is 10.9 Å². The molecule has 0 saturated heterocycles. The normalized spacial score (nSPS) is 13.9. The maximum Gasteiger partial charge on any atom is 0.150 e. The molecule has 27 heavy (non-hydrogen) atoms. The van der Waals surface area contributed by atoms with E-state index in [1.807, 2.05) is 0 Å². The molecule has 0 saturated carbocycles. The zero-order valence-corrected chi connectivity index (χ0v) is 15.5. The van der Waals surface area contributed by atoms with Crippen molar-refractivity contribution in [1.82, 2.24) is 9.99 Å². The molecule has 1 aromatic carbocycles. The molecule has 0 amide bonds. The Morgan fingerprint density at radius 1 is 1.37 bits per heavy atom. The molecule has 0 bridgehead atoms. The zero-order chi connectivity index (χ0) is 20.0. The first kappa shape index (κ1) is 20.3. The number of hydrogen-bond acceptors (Lipinski definition) is 4. The van der Waals surface area contributed by atoms with Crippen molar-refractivity contribution in [1.29, 1.82) is 0 Å². The van der Waals surface area contributed by atoms with Crippen LogP contribution in [0.5, 0.6) is 0 Å². The second-order valence-electron chi connectivity index (χ2n) is 5.47. The van der Waals surface area contributed by atoms with Crippen LogP contribution in [-0.4, -0.2) is 15.2 Å². The van der Waals surface area contributed by atoms with Gasteiger partial charge in [-0.2, -0.15) is 5.10 Å². The van der Waals surface area contributed by atoms with Crippen LogP contribution in [0.2, 0.25) is 0 Å². The standard InChI is InChI=1S/C18H14ClF2N3.C2H5N/c1-3-12(24-11(2)6-7-17(19)23-24)9-14-15(20)10-16-13(18(14)21)5-4-8-22-16;1-2-3/h3-8,10H,2,9H2,1H3;2H,1,3H2/b12-3-;. The largest absolute Gasteiger partial charge is 0.405 e. The van der Waals surface area contributed by atoms with Gasteiger partial charge in [0, 0.05) is 35.3 Å². The number of pyridine rings is 1. The molecule has 0 radical (unpaired) electrons. The van der Waals surface area contributed by atoms with Gasteiger partial charge in [-0.05, 0) is 37.4 Å². The van der Waals surface area contributed by atoms with Crippen LogP contribution in [-0.2, 0) is 6.42 Å². The van der Waals surface area contributed by atoms with E-state index in [0.29, 0.717) is 11.4 Å². The van der Waals surface area contributed by atoms with E-state index < -0.39 is 11.6 Å². The van der Waals surface area contributed by atoms with Crippen LogP contribution in [0.4, 0.5) is 8.78 Å². The molecule has 0 spiro atoms. The minimum Gasteiger partial charge on any atom is -0.405 e. The van der Waals surface area contributed by atoms with Gasteiger partial charge in [0.25, 0.3) is 0 Å². The molecular formula is C20H19ClF2N4. The lowest BCUT2D eigenvalue weighted by Gasteiger charge is -2.25. The number of hydrogen-bond donors (Lipinski definition) is 1. The summed E-state index contributed by atoms with van der Waals surface area (Å²) in [6.07, 6.45) is 7.79. The number of rotatable bonds is 3. The summed E-state index contributed by atoms with van der Waals surface area (Å²) in [5.41, 5.74) is 5.99. The van der Waals surface area contributed by atoms with Crippen molar-refractivity contribution < 1.29 is 8.78 Å². The first-order valence-electron chi connectivity index (χ1n) is 8.03. The van der Waals surface area contributed by atoms with Gasteiger partial charge in [-0.15, -0.1) is 0 Å². The maximum absolute atomic E-state index is 14.7. The molecule has 0 aliphatic carbocycles. The van der Waals surface area contributed by atoms with Crippen molar-refractivity contribution in [3.05, 3.63) is 90.6 Å². The summed E-state index contributed by atoms with van der Waals surface area (Å²) in [4.78, 5) is 3.99. The Bertz CT molecular complexity index is 964. The first-order valence-corrected chi connectivity index (χ1v) is 8.41. The minimum atomic E-state index is -0.647. The van der Waals surface area contributed by atoms with Crippen molar-refractivity contribution in [3.63, 3.8) is 0 Å². The number of hydrazone groups is 1. The third-order valence-electron chi connectivity index (χ3n) is 3.74. The Morgan fingerprint density at radius 3 is 2.74 bits per heavy atom. The molecular weight excluding hydrogens is 370 g/mol. The Labute approximate surface area is 161 Å². The highest BCUT2D eigenvalue weighted by Crippen LogP contribution is 2.28. The molecule has 2 aromatic rings. The summed E-state index contributed by atoms with van der Waals surface area (Å²) in [7, 11) is 0. The molecule has 2 N–H and O–H groups in total. The highest BCUT2D eigenvalue weighted by Gasteiger charge is 2.20. The average molecular weight is 389 g/mol. The molecule has 3 rings (SSSR count). The summed E-state index contributed by atoms with van der Waals surface area (Å²) >= 11 is 5.92. The minimum absolute atomic E-state index is 0.0134. The lowest BCUT2D eigenvalue weighted by Crippen LogP contribution is -2.20. The smallest absolute Gasteiger partial charge is 0.150 e. The molecule has 4 nitrogen and oxygen atoms in total. The molecule has 2 heterocycles. The number of aromatic nitrogens is 1. The predicted octanol–water partition coefficient (Wildman–Crippen LogP) is 4.99. The van der Waals surface area contributed by atoms with Gasteiger partial charge < -0.3 is 5.73 Å². The molecule has 140 valence electrons. The summed E-state index contributed by atoms with van der Waals surface area (Å²) in [5.74, 6) is -1.27. The fourth-order valence-corrected chi connectivity index (χ4v) is 2.65.